The number of rotatable bonds is 0. The highest BCUT2D eigenvalue weighted by Gasteiger charge is 2.04. The standard InChI is InChI=1S/C14H10O2/c1-9-8-11-7-6-10-4-2-3-5-12(10)13(11)16-14(9)15/h2-8H,1H3. The Morgan fingerprint density at radius 2 is 1.75 bits per heavy atom. The van der Waals surface area contributed by atoms with Gasteiger partial charge in [0.25, 0.3) is 0 Å². The molecule has 3 aromatic rings. The van der Waals surface area contributed by atoms with Crippen molar-refractivity contribution in [1.29, 1.82) is 0 Å². The van der Waals surface area contributed by atoms with E-state index >= 15 is 0 Å². The summed E-state index contributed by atoms with van der Waals surface area (Å²) < 4.78 is 5.35. The van der Waals surface area contributed by atoms with Crippen molar-refractivity contribution in [2.75, 3.05) is 0 Å². The Labute approximate surface area is 92.1 Å². The maximum atomic E-state index is 11.5. The van der Waals surface area contributed by atoms with Gasteiger partial charge in [-0.3, -0.25) is 0 Å². The van der Waals surface area contributed by atoms with Crippen molar-refractivity contribution in [3.05, 3.63) is 58.4 Å². The molecule has 0 saturated heterocycles. The van der Waals surface area contributed by atoms with Crippen molar-refractivity contribution in [3.8, 4) is 0 Å². The molecular formula is C14H10O2. The lowest BCUT2D eigenvalue weighted by molar-refractivity contribution is 0.558. The quantitative estimate of drug-likeness (QED) is 0.421. The number of hydrogen-bond acceptors (Lipinski definition) is 2. The minimum atomic E-state index is -0.260. The second-order valence-corrected chi connectivity index (χ2v) is 3.92. The summed E-state index contributed by atoms with van der Waals surface area (Å²) in [6.45, 7) is 1.76. The maximum absolute atomic E-state index is 11.5. The first-order valence-electron chi connectivity index (χ1n) is 5.18. The fourth-order valence-corrected chi connectivity index (χ4v) is 1.95. The van der Waals surface area contributed by atoms with Gasteiger partial charge in [-0.25, -0.2) is 4.79 Å². The zero-order chi connectivity index (χ0) is 11.1. The molecule has 0 aliphatic rings. The van der Waals surface area contributed by atoms with Gasteiger partial charge < -0.3 is 4.42 Å². The predicted molar refractivity (Wildman–Crippen MR) is 64.7 cm³/mol. The van der Waals surface area contributed by atoms with Gasteiger partial charge in [0.15, 0.2) is 0 Å². The molecule has 2 nitrogen and oxygen atoms in total. The van der Waals surface area contributed by atoms with Crippen LogP contribution >= 0.6 is 0 Å². The van der Waals surface area contributed by atoms with Crippen molar-refractivity contribution in [1.82, 2.24) is 0 Å². The molecule has 0 spiro atoms. The van der Waals surface area contributed by atoms with Gasteiger partial charge in [0.1, 0.15) is 5.58 Å². The lowest BCUT2D eigenvalue weighted by Crippen LogP contribution is -2.01. The molecule has 16 heavy (non-hydrogen) atoms. The maximum Gasteiger partial charge on any atom is 0.339 e. The Bertz CT molecular complexity index is 738. The molecule has 0 atom stereocenters. The Balaban J connectivity index is 2.60. The van der Waals surface area contributed by atoms with Crippen molar-refractivity contribution < 1.29 is 4.42 Å². The molecule has 0 saturated carbocycles. The van der Waals surface area contributed by atoms with Crippen LogP contribution in [-0.4, -0.2) is 0 Å². The van der Waals surface area contributed by atoms with Gasteiger partial charge in [-0.1, -0.05) is 36.4 Å². The number of benzene rings is 2. The smallest absolute Gasteiger partial charge is 0.339 e. The third-order valence-corrected chi connectivity index (χ3v) is 2.80. The fourth-order valence-electron chi connectivity index (χ4n) is 1.95. The SMILES string of the molecule is Cc1cc2ccc3ccccc3c2oc1=O. The summed E-state index contributed by atoms with van der Waals surface area (Å²) in [5.41, 5.74) is 1.06. The minimum absolute atomic E-state index is 0.260. The van der Waals surface area contributed by atoms with Crippen molar-refractivity contribution in [3.63, 3.8) is 0 Å². The van der Waals surface area contributed by atoms with Crippen LogP contribution in [0.2, 0.25) is 0 Å². The second-order valence-electron chi connectivity index (χ2n) is 3.92. The summed E-state index contributed by atoms with van der Waals surface area (Å²) in [6, 6.07) is 13.8. The Hall–Kier alpha value is -2.09. The van der Waals surface area contributed by atoms with Crippen molar-refractivity contribution in [2.24, 2.45) is 0 Å². The normalized spacial score (nSPS) is 11.1. The first-order chi connectivity index (χ1) is 7.75. The van der Waals surface area contributed by atoms with Gasteiger partial charge in [-0.15, -0.1) is 0 Å². The molecule has 0 radical (unpaired) electrons. The number of fused-ring (bicyclic) bond motifs is 3. The van der Waals surface area contributed by atoms with Gasteiger partial charge in [0, 0.05) is 16.3 Å². The van der Waals surface area contributed by atoms with E-state index in [0.29, 0.717) is 11.1 Å². The highest BCUT2D eigenvalue weighted by molar-refractivity contribution is 6.03. The number of aryl methyl sites for hydroxylation is 1. The van der Waals surface area contributed by atoms with Crippen LogP contribution in [0, 0.1) is 6.92 Å². The summed E-state index contributed by atoms with van der Waals surface area (Å²) in [5.74, 6) is 0. The lowest BCUT2D eigenvalue weighted by Gasteiger charge is -2.02. The van der Waals surface area contributed by atoms with Gasteiger partial charge in [-0.05, 0) is 18.4 Å². The van der Waals surface area contributed by atoms with Crippen LogP contribution < -0.4 is 5.63 Å². The van der Waals surface area contributed by atoms with Gasteiger partial charge >= 0.3 is 5.63 Å². The summed E-state index contributed by atoms with van der Waals surface area (Å²) in [5, 5.41) is 3.04. The predicted octanol–water partition coefficient (Wildman–Crippen LogP) is 3.25. The molecule has 78 valence electrons. The largest absolute Gasteiger partial charge is 0.422 e. The molecule has 0 N–H and O–H groups in total. The van der Waals surface area contributed by atoms with E-state index in [9.17, 15) is 4.79 Å². The van der Waals surface area contributed by atoms with Gasteiger partial charge in [0.2, 0.25) is 0 Å². The molecule has 0 aliphatic carbocycles. The molecule has 2 heteroatoms. The van der Waals surface area contributed by atoms with E-state index in [-0.39, 0.29) is 5.63 Å². The van der Waals surface area contributed by atoms with E-state index in [1.807, 2.05) is 42.5 Å². The summed E-state index contributed by atoms with van der Waals surface area (Å²) >= 11 is 0. The van der Waals surface area contributed by atoms with E-state index in [4.69, 9.17) is 4.42 Å². The first-order valence-corrected chi connectivity index (χ1v) is 5.18. The van der Waals surface area contributed by atoms with Crippen molar-refractivity contribution >= 4 is 21.7 Å². The van der Waals surface area contributed by atoms with Gasteiger partial charge in [-0.2, -0.15) is 0 Å². The van der Waals surface area contributed by atoms with Crippen LogP contribution in [0.5, 0.6) is 0 Å². The summed E-state index contributed by atoms with van der Waals surface area (Å²) in [6.07, 6.45) is 0. The zero-order valence-electron chi connectivity index (χ0n) is 8.86. The average molecular weight is 210 g/mol. The highest BCUT2D eigenvalue weighted by atomic mass is 16.4. The molecule has 0 fully saturated rings. The van der Waals surface area contributed by atoms with Crippen LogP contribution in [-0.2, 0) is 0 Å². The first kappa shape index (κ1) is 9.16. The molecule has 0 bridgehead atoms. The van der Waals surface area contributed by atoms with Crippen molar-refractivity contribution in [2.45, 2.75) is 6.92 Å². The van der Waals surface area contributed by atoms with E-state index in [2.05, 4.69) is 0 Å². The Morgan fingerprint density at radius 3 is 2.62 bits per heavy atom. The molecular weight excluding hydrogens is 200 g/mol. The average Bonchev–Trinajstić information content (AvgIpc) is 2.31. The van der Waals surface area contributed by atoms with Crippen LogP contribution in [0.25, 0.3) is 21.7 Å². The zero-order valence-corrected chi connectivity index (χ0v) is 8.86. The lowest BCUT2D eigenvalue weighted by atomic mass is 10.1. The third kappa shape index (κ3) is 1.23. The summed E-state index contributed by atoms with van der Waals surface area (Å²) in [4.78, 5) is 11.5. The fraction of sp³-hybridized carbons (Fsp3) is 0.0714. The van der Waals surface area contributed by atoms with E-state index in [0.717, 1.165) is 16.2 Å². The molecule has 0 amide bonds. The second kappa shape index (κ2) is 3.20. The van der Waals surface area contributed by atoms with Gasteiger partial charge in [0.05, 0.1) is 0 Å². The molecule has 3 rings (SSSR count). The number of hydrogen-bond donors (Lipinski definition) is 0. The van der Waals surface area contributed by atoms with Crippen LogP contribution in [0.4, 0.5) is 0 Å². The molecule has 0 unspecified atom stereocenters. The van der Waals surface area contributed by atoms with Crippen LogP contribution in [0.15, 0.2) is 51.7 Å². The third-order valence-electron chi connectivity index (χ3n) is 2.80. The molecule has 1 aromatic heterocycles. The Kier molecular flexibility index (Phi) is 1.83. The highest BCUT2D eigenvalue weighted by Crippen LogP contribution is 2.24. The van der Waals surface area contributed by atoms with E-state index < -0.39 is 0 Å². The minimum Gasteiger partial charge on any atom is -0.422 e. The van der Waals surface area contributed by atoms with E-state index in [1.165, 1.54) is 0 Å². The topological polar surface area (TPSA) is 30.2 Å². The van der Waals surface area contributed by atoms with Crippen LogP contribution in [0.1, 0.15) is 5.56 Å². The molecule has 0 aliphatic heterocycles. The van der Waals surface area contributed by atoms with E-state index in [1.54, 1.807) is 6.92 Å². The summed E-state index contributed by atoms with van der Waals surface area (Å²) in [7, 11) is 0. The molecule has 1 heterocycles. The Morgan fingerprint density at radius 1 is 1.00 bits per heavy atom. The monoisotopic (exact) mass is 210 g/mol. The van der Waals surface area contributed by atoms with Crippen LogP contribution in [0.3, 0.4) is 0 Å². The molecule has 2 aromatic carbocycles.